The third-order valence-corrected chi connectivity index (χ3v) is 0. The van der Waals surface area contributed by atoms with Gasteiger partial charge in [-0.15, -0.1) is 0 Å². The first-order chi connectivity index (χ1) is 2.45. The Morgan fingerprint density at radius 3 is 0.778 bits per heavy atom. The number of rotatable bonds is 0. The van der Waals surface area contributed by atoms with E-state index in [2.05, 4.69) is 0 Å². The molecule has 0 aromatic heterocycles. The summed E-state index contributed by atoms with van der Waals surface area (Å²) in [6.07, 6.45) is 0. The maximum absolute atomic E-state index is 9.22. The van der Waals surface area contributed by atoms with Crippen molar-refractivity contribution in [2.75, 3.05) is 0 Å². The molecular formula is H9IO8. The summed E-state index contributed by atoms with van der Waals surface area (Å²) in [6, 6.07) is 0. The molecule has 0 spiro atoms. The molecule has 0 saturated carbocycles. The zero-order valence-corrected chi connectivity index (χ0v) is 6.18. The molecule has 0 aromatic rings. The van der Waals surface area contributed by atoms with Crippen molar-refractivity contribution in [1.29, 1.82) is 0 Å². The first-order valence-corrected chi connectivity index (χ1v) is 6.70. The van der Waals surface area contributed by atoms with Gasteiger partial charge in [-0.25, -0.2) is 0 Å². The van der Waals surface area contributed by atoms with Gasteiger partial charge in [0.25, 0.3) is 0 Å². The maximum atomic E-state index is 9.22. The van der Waals surface area contributed by atoms with E-state index in [1.165, 1.54) is 0 Å². The zero-order valence-electron chi connectivity index (χ0n) is 4.02. The van der Waals surface area contributed by atoms with Gasteiger partial charge in [0.2, 0.25) is 0 Å². The van der Waals surface area contributed by atoms with E-state index in [4.69, 9.17) is 17.2 Å². The fourth-order valence-electron chi connectivity index (χ4n) is 0. The van der Waals surface area contributed by atoms with Crippen molar-refractivity contribution in [3.63, 3.8) is 0 Å². The summed E-state index contributed by atoms with van der Waals surface area (Å²) in [4.78, 5) is 0. The molecule has 0 rings (SSSR count). The SMILES string of the molecule is O.O.[O-][I+](O)(O)(O)(O)O. The number of halogens is 1. The summed E-state index contributed by atoms with van der Waals surface area (Å²) in [7, 11) is 0. The molecule has 64 valence electrons. The van der Waals surface area contributed by atoms with E-state index < -0.39 is 18.2 Å². The van der Waals surface area contributed by atoms with E-state index in [-0.39, 0.29) is 11.0 Å². The van der Waals surface area contributed by atoms with Gasteiger partial charge in [0.15, 0.2) is 0 Å². The Morgan fingerprint density at radius 1 is 0.778 bits per heavy atom. The fraction of sp³-hybridized carbons (Fsp3) is 0. The molecule has 0 aromatic carbocycles. The second kappa shape index (κ2) is 1.94. The molecule has 9 heteroatoms. The van der Waals surface area contributed by atoms with Crippen molar-refractivity contribution >= 4 is 0 Å². The Labute approximate surface area is 50.3 Å². The van der Waals surface area contributed by atoms with Crippen LogP contribution in [-0.4, -0.2) is 28.1 Å². The summed E-state index contributed by atoms with van der Waals surface area (Å²) in [5, 5.41) is 0. The molecule has 0 fully saturated rings. The van der Waals surface area contributed by atoms with E-state index in [1.807, 2.05) is 0 Å². The number of hydrogen-bond donors (Lipinski definition) is 5. The molecule has 8 nitrogen and oxygen atoms in total. The van der Waals surface area contributed by atoms with Gasteiger partial charge in [-0.3, -0.25) is 0 Å². The molecule has 9 N–H and O–H groups in total. The summed E-state index contributed by atoms with van der Waals surface area (Å²) < 4.78 is 45.7. The van der Waals surface area contributed by atoms with Crippen molar-refractivity contribution in [3.8, 4) is 0 Å². The van der Waals surface area contributed by atoms with Gasteiger partial charge in [-0.2, -0.15) is 0 Å². The van der Waals surface area contributed by atoms with Crippen LogP contribution in [0, 0.1) is 0 Å². The summed E-state index contributed by atoms with van der Waals surface area (Å²) in [6.45, 7) is 0. The van der Waals surface area contributed by atoms with E-state index in [0.29, 0.717) is 0 Å². The average molecular weight is 264 g/mol. The quantitative estimate of drug-likeness (QED) is 0.270. The van der Waals surface area contributed by atoms with Crippen molar-refractivity contribution in [3.05, 3.63) is 0 Å². The normalized spacial score (nSPS) is 18.0. The van der Waals surface area contributed by atoms with Crippen LogP contribution in [-0.2, 0) is 0 Å². The standard InChI is InChI=1S/H5IO6.2H2O/c2-1(3,4,5,6)7;;/h2-6H;2*1H2. The molecule has 0 saturated heterocycles. The van der Waals surface area contributed by atoms with Gasteiger partial charge in [-0.05, 0) is 0 Å². The topological polar surface area (TPSA) is 187 Å². The van der Waals surface area contributed by atoms with Crippen LogP contribution >= 0.6 is 0 Å². The zero-order chi connectivity index (χ0) is 6.41. The van der Waals surface area contributed by atoms with Crippen molar-refractivity contribution in [2.24, 2.45) is 0 Å². The van der Waals surface area contributed by atoms with Crippen molar-refractivity contribution in [2.45, 2.75) is 0 Å². The molecule has 0 aliphatic rings. The second-order valence-corrected chi connectivity index (χ2v) is 7.39. The Bertz CT molecular complexity index is 63.1. The van der Waals surface area contributed by atoms with Gasteiger partial charge in [0, 0.05) is 0 Å². The Hall–Kier alpha value is 0.410. The first-order valence-electron chi connectivity index (χ1n) is 0.999. The predicted molar refractivity (Wildman–Crippen MR) is 18.3 cm³/mol. The molecule has 0 atom stereocenters. The van der Waals surface area contributed by atoms with Crippen LogP contribution in [0.25, 0.3) is 0 Å². The second-order valence-electron chi connectivity index (χ2n) is 1.10. The molecule has 0 amide bonds. The minimum atomic E-state index is -8.37. The van der Waals surface area contributed by atoms with Crippen LogP contribution in [0.15, 0.2) is 0 Å². The van der Waals surface area contributed by atoms with Crippen LogP contribution in [0.5, 0.6) is 0 Å². The molecular weight excluding hydrogens is 255 g/mol. The third kappa shape index (κ3) is 2060. The molecule has 0 unspecified atom stereocenters. The van der Waals surface area contributed by atoms with Crippen molar-refractivity contribution in [1.82, 2.24) is 0 Å². The van der Waals surface area contributed by atoms with Crippen LogP contribution < -0.4 is 21.6 Å². The summed E-state index contributed by atoms with van der Waals surface area (Å²) >= 11 is -8.37. The monoisotopic (exact) mass is 264 g/mol. The van der Waals surface area contributed by atoms with Gasteiger partial charge in [0.05, 0.1) is 0 Å². The molecule has 0 heterocycles. The van der Waals surface area contributed by atoms with E-state index in [1.54, 1.807) is 0 Å². The minimum absolute atomic E-state index is 0. The van der Waals surface area contributed by atoms with E-state index in [0.717, 1.165) is 0 Å². The Kier molecular flexibility index (Phi) is 3.50. The molecule has 0 aliphatic heterocycles. The molecule has 0 radical (unpaired) electrons. The van der Waals surface area contributed by atoms with Gasteiger partial charge >= 0.3 is 38.8 Å². The van der Waals surface area contributed by atoms with E-state index in [9.17, 15) is 3.44 Å². The van der Waals surface area contributed by atoms with Gasteiger partial charge in [0.1, 0.15) is 0 Å². The first kappa shape index (κ1) is 16.2. The fourth-order valence-corrected chi connectivity index (χ4v) is 0. The van der Waals surface area contributed by atoms with E-state index >= 15 is 0 Å². The Morgan fingerprint density at radius 2 is 0.778 bits per heavy atom. The van der Waals surface area contributed by atoms with Gasteiger partial charge in [-0.1, -0.05) is 0 Å². The van der Waals surface area contributed by atoms with Crippen molar-refractivity contribution < 1.29 is 49.7 Å². The van der Waals surface area contributed by atoms with Crippen LogP contribution in [0.2, 0.25) is 0 Å². The molecule has 0 bridgehead atoms. The van der Waals surface area contributed by atoms with Gasteiger partial charge < -0.3 is 11.0 Å². The average Bonchev–Trinajstić information content (AvgIpc) is 0.592. The third-order valence-electron chi connectivity index (χ3n) is 0. The Balaban J connectivity index is -0.000000180. The number of hydrogen-bond acceptors (Lipinski definition) is 6. The summed E-state index contributed by atoms with van der Waals surface area (Å²) in [5.41, 5.74) is 0. The predicted octanol–water partition coefficient (Wildman–Crippen LogP) is -8.62. The molecule has 0 aliphatic carbocycles. The molecule has 9 heavy (non-hydrogen) atoms. The van der Waals surface area contributed by atoms with Crippen LogP contribution in [0.1, 0.15) is 0 Å². The van der Waals surface area contributed by atoms with Crippen LogP contribution in [0.3, 0.4) is 0 Å². The van der Waals surface area contributed by atoms with Crippen LogP contribution in [0.4, 0.5) is 0 Å². The summed E-state index contributed by atoms with van der Waals surface area (Å²) in [5.74, 6) is 0.